The molecule has 7 heteroatoms. The molecule has 1 N–H and O–H groups in total. The van der Waals surface area contributed by atoms with Crippen molar-refractivity contribution in [2.24, 2.45) is 5.41 Å². The second kappa shape index (κ2) is 8.17. The van der Waals surface area contributed by atoms with Gasteiger partial charge in [0.05, 0.1) is 18.1 Å². The van der Waals surface area contributed by atoms with Crippen LogP contribution in [0.25, 0.3) is 0 Å². The van der Waals surface area contributed by atoms with Crippen molar-refractivity contribution in [1.82, 2.24) is 9.62 Å². The van der Waals surface area contributed by atoms with E-state index < -0.39 is 10.0 Å². The van der Waals surface area contributed by atoms with Gasteiger partial charge in [-0.2, -0.15) is 0 Å². The Morgan fingerprint density at radius 1 is 1.00 bits per heavy atom. The van der Waals surface area contributed by atoms with E-state index >= 15 is 0 Å². The summed E-state index contributed by atoms with van der Waals surface area (Å²) in [6.07, 6.45) is 4.94. The zero-order valence-corrected chi connectivity index (χ0v) is 16.7. The third-order valence-electron chi connectivity index (χ3n) is 6.23. The van der Waals surface area contributed by atoms with Crippen LogP contribution in [-0.4, -0.2) is 65.9 Å². The molecule has 1 aromatic rings. The van der Waals surface area contributed by atoms with Gasteiger partial charge >= 0.3 is 0 Å². The van der Waals surface area contributed by atoms with Gasteiger partial charge in [-0.25, -0.2) is 13.1 Å². The Morgan fingerprint density at radius 2 is 1.70 bits per heavy atom. The van der Waals surface area contributed by atoms with Crippen LogP contribution in [-0.2, 0) is 32.3 Å². The third kappa shape index (κ3) is 4.54. The molecule has 0 aromatic heterocycles. The predicted molar refractivity (Wildman–Crippen MR) is 103 cm³/mol. The minimum absolute atomic E-state index is 0.0701. The smallest absolute Gasteiger partial charge is 0.240 e. The molecule has 0 radical (unpaired) electrons. The molecule has 0 atom stereocenters. The molecule has 0 saturated carbocycles. The summed E-state index contributed by atoms with van der Waals surface area (Å²) in [7, 11) is -3.49. The molecule has 1 aromatic carbocycles. The molecular formula is C20H30N2O4S. The standard InChI is InChI=1S/C20H30N2O4S/c23-27(24,19-5-4-17-2-1-3-18(17)14-19)21-15-20(6-10-25-11-7-20)16-22-8-12-26-13-9-22/h4-5,14,21H,1-3,6-13,15-16H2. The largest absolute Gasteiger partial charge is 0.381 e. The lowest BCUT2D eigenvalue weighted by molar-refractivity contribution is -0.0270. The van der Waals surface area contributed by atoms with Crippen LogP contribution in [0.5, 0.6) is 0 Å². The highest BCUT2D eigenvalue weighted by Crippen LogP contribution is 2.32. The van der Waals surface area contributed by atoms with Gasteiger partial charge in [0, 0.05) is 44.8 Å². The van der Waals surface area contributed by atoms with Gasteiger partial charge in [-0.1, -0.05) is 6.07 Å². The molecule has 150 valence electrons. The molecule has 27 heavy (non-hydrogen) atoms. The lowest BCUT2D eigenvalue weighted by Crippen LogP contribution is -2.50. The number of hydrogen-bond acceptors (Lipinski definition) is 5. The quantitative estimate of drug-likeness (QED) is 0.794. The molecule has 0 amide bonds. The van der Waals surface area contributed by atoms with Gasteiger partial charge in [0.15, 0.2) is 0 Å². The molecule has 2 saturated heterocycles. The highest BCUT2D eigenvalue weighted by atomic mass is 32.2. The molecule has 2 aliphatic heterocycles. The van der Waals surface area contributed by atoms with Crippen molar-refractivity contribution in [3.63, 3.8) is 0 Å². The van der Waals surface area contributed by atoms with Crippen molar-refractivity contribution in [2.45, 2.75) is 37.0 Å². The highest BCUT2D eigenvalue weighted by Gasteiger charge is 2.36. The number of nitrogens with zero attached hydrogens (tertiary/aromatic N) is 1. The topological polar surface area (TPSA) is 67.9 Å². The summed E-state index contributed by atoms with van der Waals surface area (Å²) in [5.74, 6) is 0. The van der Waals surface area contributed by atoms with Crippen molar-refractivity contribution in [3.05, 3.63) is 29.3 Å². The molecule has 2 fully saturated rings. The number of ether oxygens (including phenoxy) is 2. The lowest BCUT2D eigenvalue weighted by atomic mass is 9.79. The summed E-state index contributed by atoms with van der Waals surface area (Å²) in [5.41, 5.74) is 2.41. The van der Waals surface area contributed by atoms with E-state index in [1.54, 1.807) is 6.07 Å². The van der Waals surface area contributed by atoms with Crippen LogP contribution in [0.15, 0.2) is 23.1 Å². The number of fused-ring (bicyclic) bond motifs is 1. The summed E-state index contributed by atoms with van der Waals surface area (Å²) >= 11 is 0. The fraction of sp³-hybridized carbons (Fsp3) is 0.700. The Hall–Kier alpha value is -0.990. The van der Waals surface area contributed by atoms with Crippen LogP contribution >= 0.6 is 0 Å². The van der Waals surface area contributed by atoms with E-state index in [1.165, 1.54) is 11.1 Å². The minimum atomic E-state index is -3.49. The van der Waals surface area contributed by atoms with E-state index in [4.69, 9.17) is 9.47 Å². The van der Waals surface area contributed by atoms with E-state index in [0.29, 0.717) is 24.7 Å². The molecule has 0 unspecified atom stereocenters. The van der Waals surface area contributed by atoms with Gasteiger partial charge in [-0.05, 0) is 55.4 Å². The molecule has 2 heterocycles. The fourth-order valence-electron chi connectivity index (χ4n) is 4.48. The second-order valence-electron chi connectivity index (χ2n) is 8.11. The molecule has 6 nitrogen and oxygen atoms in total. The van der Waals surface area contributed by atoms with Crippen molar-refractivity contribution in [2.75, 3.05) is 52.6 Å². The fourth-order valence-corrected chi connectivity index (χ4v) is 5.68. The molecule has 3 aliphatic rings. The Bertz CT molecular complexity index is 753. The minimum Gasteiger partial charge on any atom is -0.381 e. The van der Waals surface area contributed by atoms with Crippen LogP contribution in [0.4, 0.5) is 0 Å². The van der Waals surface area contributed by atoms with Gasteiger partial charge < -0.3 is 9.47 Å². The zero-order valence-electron chi connectivity index (χ0n) is 15.9. The van der Waals surface area contributed by atoms with Crippen LogP contribution < -0.4 is 4.72 Å². The Balaban J connectivity index is 1.46. The summed E-state index contributed by atoms with van der Waals surface area (Å²) in [6, 6.07) is 5.60. The summed E-state index contributed by atoms with van der Waals surface area (Å²) < 4.78 is 39.8. The number of sulfonamides is 1. The van der Waals surface area contributed by atoms with Gasteiger partial charge in [0.1, 0.15) is 0 Å². The summed E-state index contributed by atoms with van der Waals surface area (Å²) in [6.45, 7) is 6.11. The van der Waals surface area contributed by atoms with Crippen LogP contribution in [0.1, 0.15) is 30.4 Å². The number of hydrogen-bond donors (Lipinski definition) is 1. The van der Waals surface area contributed by atoms with E-state index in [0.717, 1.165) is 65.0 Å². The van der Waals surface area contributed by atoms with Crippen molar-refractivity contribution >= 4 is 10.0 Å². The van der Waals surface area contributed by atoms with E-state index in [-0.39, 0.29) is 5.41 Å². The number of benzene rings is 1. The SMILES string of the molecule is O=S(=O)(NCC1(CN2CCOCC2)CCOCC1)c1ccc2c(c1)CCC2. The average Bonchev–Trinajstić information content (AvgIpc) is 3.16. The number of nitrogens with one attached hydrogen (secondary N) is 1. The maximum atomic E-state index is 12.9. The number of rotatable bonds is 6. The first-order chi connectivity index (χ1) is 13.1. The third-order valence-corrected chi connectivity index (χ3v) is 7.63. The molecule has 4 rings (SSSR count). The maximum Gasteiger partial charge on any atom is 0.240 e. The predicted octanol–water partition coefficient (Wildman–Crippen LogP) is 1.58. The van der Waals surface area contributed by atoms with E-state index in [9.17, 15) is 8.42 Å². The van der Waals surface area contributed by atoms with Gasteiger partial charge in [0.2, 0.25) is 10.0 Å². The second-order valence-corrected chi connectivity index (χ2v) is 9.88. The van der Waals surface area contributed by atoms with Crippen molar-refractivity contribution < 1.29 is 17.9 Å². The average molecular weight is 395 g/mol. The van der Waals surface area contributed by atoms with Gasteiger partial charge in [0.25, 0.3) is 0 Å². The monoisotopic (exact) mass is 394 g/mol. The van der Waals surface area contributed by atoms with Crippen molar-refractivity contribution in [3.8, 4) is 0 Å². The first-order valence-electron chi connectivity index (χ1n) is 10.1. The first kappa shape index (κ1) is 19.3. The maximum absolute atomic E-state index is 12.9. The van der Waals surface area contributed by atoms with Crippen LogP contribution in [0.3, 0.4) is 0 Å². The van der Waals surface area contributed by atoms with Gasteiger partial charge in [-0.15, -0.1) is 0 Å². The van der Waals surface area contributed by atoms with Gasteiger partial charge in [-0.3, -0.25) is 4.90 Å². The van der Waals surface area contributed by atoms with Crippen LogP contribution in [0.2, 0.25) is 0 Å². The molecular weight excluding hydrogens is 364 g/mol. The number of aryl methyl sites for hydroxylation is 2. The Kier molecular flexibility index (Phi) is 5.85. The molecule has 1 aliphatic carbocycles. The highest BCUT2D eigenvalue weighted by molar-refractivity contribution is 7.89. The molecule has 0 bridgehead atoms. The van der Waals surface area contributed by atoms with Crippen molar-refractivity contribution in [1.29, 1.82) is 0 Å². The van der Waals surface area contributed by atoms with E-state index in [2.05, 4.69) is 9.62 Å². The lowest BCUT2D eigenvalue weighted by Gasteiger charge is -2.42. The molecule has 0 spiro atoms. The number of morpholine rings is 1. The van der Waals surface area contributed by atoms with Crippen LogP contribution in [0, 0.1) is 5.41 Å². The summed E-state index contributed by atoms with van der Waals surface area (Å²) in [4.78, 5) is 2.80. The summed E-state index contributed by atoms with van der Waals surface area (Å²) in [5, 5.41) is 0. The van der Waals surface area contributed by atoms with E-state index in [1.807, 2.05) is 12.1 Å². The zero-order chi connectivity index (χ0) is 18.7. The first-order valence-corrected chi connectivity index (χ1v) is 11.5. The Morgan fingerprint density at radius 3 is 2.48 bits per heavy atom. The Labute approximate surface area is 162 Å². The normalized spacial score (nSPS) is 23.3.